The van der Waals surface area contributed by atoms with Crippen LogP contribution in [0.4, 0.5) is 0 Å². The van der Waals surface area contributed by atoms with E-state index < -0.39 is 0 Å². The fourth-order valence-corrected chi connectivity index (χ4v) is 4.94. The van der Waals surface area contributed by atoms with Gasteiger partial charge in [0.05, 0.1) is 17.6 Å². The average molecular weight is 473 g/mol. The highest BCUT2D eigenvalue weighted by atomic mass is 16.4. The van der Waals surface area contributed by atoms with Crippen molar-refractivity contribution in [1.82, 2.24) is 19.4 Å². The molecule has 0 atom stereocenters. The fraction of sp³-hybridized carbons (Fsp3) is 0.357. The molecule has 0 bridgehead atoms. The number of nitrogens with one attached hydrogen (secondary N) is 1. The molecule has 1 amide bonds. The minimum Gasteiger partial charge on any atom is -0.455 e. The van der Waals surface area contributed by atoms with Gasteiger partial charge in [-0.05, 0) is 56.5 Å². The maximum atomic E-state index is 13.1. The first kappa shape index (κ1) is 23.2. The first-order chi connectivity index (χ1) is 17.0. The molecule has 2 aromatic carbocycles. The number of para-hydroxylation sites is 2. The van der Waals surface area contributed by atoms with E-state index in [4.69, 9.17) is 4.42 Å². The fourth-order valence-electron chi connectivity index (χ4n) is 4.94. The molecule has 4 aromatic rings. The number of rotatable bonds is 7. The minimum atomic E-state index is -0.0862. The number of aromatic amines is 1. The second kappa shape index (κ2) is 9.96. The number of hydrogen-bond acceptors (Lipinski definition) is 4. The number of fused-ring (bicyclic) bond motifs is 1. The number of furan rings is 1. The number of H-pyrrole nitrogens is 1. The highest BCUT2D eigenvalue weighted by Crippen LogP contribution is 2.26. The Hall–Kier alpha value is -3.58. The molecule has 3 heterocycles. The van der Waals surface area contributed by atoms with Crippen molar-refractivity contribution < 1.29 is 9.21 Å². The van der Waals surface area contributed by atoms with Gasteiger partial charge in [-0.3, -0.25) is 14.3 Å². The Kier molecular flexibility index (Phi) is 6.59. The number of carbonyl (C=O) groups is 1. The monoisotopic (exact) mass is 472 g/mol. The normalized spacial score (nSPS) is 14.9. The lowest BCUT2D eigenvalue weighted by Crippen LogP contribution is -2.40. The Morgan fingerprint density at radius 3 is 2.46 bits per heavy atom. The van der Waals surface area contributed by atoms with Crippen LogP contribution in [0.5, 0.6) is 0 Å². The lowest BCUT2D eigenvalue weighted by Gasteiger charge is -2.32. The Morgan fingerprint density at radius 1 is 1.00 bits per heavy atom. The van der Waals surface area contributed by atoms with Crippen molar-refractivity contribution in [1.29, 1.82) is 0 Å². The van der Waals surface area contributed by atoms with E-state index in [0.717, 1.165) is 36.2 Å². The van der Waals surface area contributed by atoms with Gasteiger partial charge in [0, 0.05) is 31.7 Å². The Morgan fingerprint density at radius 2 is 1.71 bits per heavy atom. The molecule has 0 saturated carbocycles. The highest BCUT2D eigenvalue weighted by Gasteiger charge is 2.28. The number of piperidine rings is 1. The van der Waals surface area contributed by atoms with Crippen molar-refractivity contribution in [2.75, 3.05) is 13.1 Å². The number of nitrogens with zero attached hydrogens (tertiary/aromatic N) is 3. The number of likely N-dealkylation sites (tertiary alicyclic amines) is 1. The summed E-state index contributed by atoms with van der Waals surface area (Å²) in [5.41, 5.74) is 2.93. The van der Waals surface area contributed by atoms with E-state index in [1.54, 1.807) is 6.07 Å². The lowest BCUT2D eigenvalue weighted by molar-refractivity contribution is 0.0658. The molecule has 0 radical (unpaired) electrons. The van der Waals surface area contributed by atoms with Crippen LogP contribution in [0.2, 0.25) is 0 Å². The summed E-state index contributed by atoms with van der Waals surface area (Å²) in [6.07, 6.45) is 1.47. The van der Waals surface area contributed by atoms with Gasteiger partial charge in [-0.1, -0.05) is 42.5 Å². The summed E-state index contributed by atoms with van der Waals surface area (Å²) in [4.78, 5) is 32.8. The Labute approximate surface area is 205 Å². The molecule has 0 aliphatic carbocycles. The van der Waals surface area contributed by atoms with Gasteiger partial charge in [-0.2, -0.15) is 0 Å². The molecule has 35 heavy (non-hydrogen) atoms. The number of amides is 1. The molecule has 1 aliphatic heterocycles. The standard InChI is InChI=1S/C28H32N4O3/c1-20(2)31(18-21-8-4-3-5-9-21)19-23-12-13-26(35-23)27(33)30-16-14-22(15-17-30)32-25-11-7-6-10-24(25)29-28(32)34/h3-13,20,22H,14-19H2,1-2H3,(H,29,34). The average Bonchev–Trinajstić information content (AvgIpc) is 3.47. The van der Waals surface area contributed by atoms with Gasteiger partial charge in [0.25, 0.3) is 5.91 Å². The summed E-state index contributed by atoms with van der Waals surface area (Å²) in [5, 5.41) is 0. The molecule has 2 aromatic heterocycles. The summed E-state index contributed by atoms with van der Waals surface area (Å²) in [7, 11) is 0. The van der Waals surface area contributed by atoms with E-state index >= 15 is 0 Å². The van der Waals surface area contributed by atoms with Crippen LogP contribution in [0.3, 0.4) is 0 Å². The second-order valence-corrected chi connectivity index (χ2v) is 9.59. The van der Waals surface area contributed by atoms with E-state index in [1.807, 2.05) is 45.9 Å². The summed E-state index contributed by atoms with van der Waals surface area (Å²) < 4.78 is 7.84. The first-order valence-corrected chi connectivity index (χ1v) is 12.3. The van der Waals surface area contributed by atoms with Crippen LogP contribution in [0.25, 0.3) is 11.0 Å². The van der Waals surface area contributed by atoms with E-state index in [1.165, 1.54) is 5.56 Å². The third-order valence-corrected chi connectivity index (χ3v) is 6.93. The van der Waals surface area contributed by atoms with Crippen molar-refractivity contribution in [2.24, 2.45) is 0 Å². The topological polar surface area (TPSA) is 74.5 Å². The number of aromatic nitrogens is 2. The van der Waals surface area contributed by atoms with Crippen LogP contribution in [0.1, 0.15) is 54.6 Å². The van der Waals surface area contributed by atoms with Gasteiger partial charge in [0.15, 0.2) is 5.76 Å². The van der Waals surface area contributed by atoms with Crippen LogP contribution in [-0.4, -0.2) is 44.4 Å². The number of carbonyl (C=O) groups excluding carboxylic acids is 1. The van der Waals surface area contributed by atoms with E-state index in [9.17, 15) is 9.59 Å². The quantitative estimate of drug-likeness (QED) is 0.419. The number of imidazole rings is 1. The lowest BCUT2D eigenvalue weighted by atomic mass is 10.0. The Balaban J connectivity index is 1.22. The number of benzene rings is 2. The van der Waals surface area contributed by atoms with Gasteiger partial charge >= 0.3 is 5.69 Å². The van der Waals surface area contributed by atoms with Gasteiger partial charge < -0.3 is 14.3 Å². The molecule has 1 N–H and O–H groups in total. The van der Waals surface area contributed by atoms with Gasteiger partial charge in [-0.25, -0.2) is 4.79 Å². The van der Waals surface area contributed by atoms with Crippen LogP contribution in [0, 0.1) is 0 Å². The van der Waals surface area contributed by atoms with Gasteiger partial charge in [0.2, 0.25) is 0 Å². The van der Waals surface area contributed by atoms with Crippen molar-refractivity contribution >= 4 is 16.9 Å². The molecule has 1 saturated heterocycles. The zero-order valence-electron chi connectivity index (χ0n) is 20.3. The van der Waals surface area contributed by atoms with E-state index in [2.05, 4.69) is 48.0 Å². The molecule has 182 valence electrons. The summed E-state index contributed by atoms with van der Waals surface area (Å²) in [5.74, 6) is 1.09. The van der Waals surface area contributed by atoms with Crippen LogP contribution >= 0.6 is 0 Å². The molecule has 1 aliphatic rings. The third-order valence-electron chi connectivity index (χ3n) is 6.93. The van der Waals surface area contributed by atoms with Crippen molar-refractivity contribution in [3.05, 3.63) is 94.3 Å². The maximum absolute atomic E-state index is 13.1. The molecule has 0 unspecified atom stereocenters. The zero-order chi connectivity index (χ0) is 24.4. The van der Waals surface area contributed by atoms with Crippen molar-refractivity contribution in [3.8, 4) is 0 Å². The zero-order valence-corrected chi connectivity index (χ0v) is 20.3. The van der Waals surface area contributed by atoms with Crippen molar-refractivity contribution in [2.45, 2.75) is 51.9 Å². The molecule has 5 rings (SSSR count). The summed E-state index contributed by atoms with van der Waals surface area (Å²) in [6.45, 7) is 6.99. The molecule has 7 nitrogen and oxygen atoms in total. The van der Waals surface area contributed by atoms with Crippen LogP contribution in [-0.2, 0) is 13.1 Å². The molecule has 1 fully saturated rings. The molecular formula is C28H32N4O3. The first-order valence-electron chi connectivity index (χ1n) is 12.3. The molecule has 0 spiro atoms. The highest BCUT2D eigenvalue weighted by molar-refractivity contribution is 5.91. The summed E-state index contributed by atoms with van der Waals surface area (Å²) >= 11 is 0. The predicted molar refractivity (Wildman–Crippen MR) is 136 cm³/mol. The van der Waals surface area contributed by atoms with Crippen LogP contribution in [0.15, 0.2) is 75.9 Å². The largest absolute Gasteiger partial charge is 0.455 e. The summed E-state index contributed by atoms with van der Waals surface area (Å²) in [6, 6.07) is 22.2. The number of hydrogen-bond donors (Lipinski definition) is 1. The Bertz CT molecular complexity index is 1340. The second-order valence-electron chi connectivity index (χ2n) is 9.59. The maximum Gasteiger partial charge on any atom is 0.326 e. The van der Waals surface area contributed by atoms with Gasteiger partial charge in [-0.15, -0.1) is 0 Å². The van der Waals surface area contributed by atoms with E-state index in [0.29, 0.717) is 31.4 Å². The van der Waals surface area contributed by atoms with Crippen LogP contribution < -0.4 is 5.69 Å². The van der Waals surface area contributed by atoms with Crippen molar-refractivity contribution in [3.63, 3.8) is 0 Å². The van der Waals surface area contributed by atoms with E-state index in [-0.39, 0.29) is 17.6 Å². The molecular weight excluding hydrogens is 440 g/mol. The smallest absolute Gasteiger partial charge is 0.326 e. The third kappa shape index (κ3) is 4.95. The molecule has 7 heteroatoms. The predicted octanol–water partition coefficient (Wildman–Crippen LogP) is 4.81. The minimum absolute atomic E-state index is 0.0763. The van der Waals surface area contributed by atoms with Gasteiger partial charge in [0.1, 0.15) is 5.76 Å². The SMILES string of the molecule is CC(C)N(Cc1ccccc1)Cc1ccc(C(=O)N2CCC(n3c(=O)[nH]c4ccccc43)CC2)o1.